The van der Waals surface area contributed by atoms with Crippen molar-refractivity contribution in [2.75, 3.05) is 13.1 Å². The second-order valence-electron chi connectivity index (χ2n) is 8.31. The third-order valence-electron chi connectivity index (χ3n) is 5.74. The second-order valence-corrected chi connectivity index (χ2v) is 8.74. The topological polar surface area (TPSA) is 95.1 Å². The number of pyridine rings is 1. The number of aryl methyl sites for hydroxylation is 1. The molecule has 0 radical (unpaired) electrons. The first kappa shape index (κ1) is 25.1. The largest absolute Gasteiger partial charge is 0.356 e. The Labute approximate surface area is 216 Å². The van der Waals surface area contributed by atoms with E-state index in [1.54, 1.807) is 24.7 Å². The number of halogens is 1. The molecule has 4 aromatic rings. The van der Waals surface area contributed by atoms with Crippen LogP contribution in [0.5, 0.6) is 0 Å². The van der Waals surface area contributed by atoms with Crippen LogP contribution >= 0.6 is 11.6 Å². The summed E-state index contributed by atoms with van der Waals surface area (Å²) in [5.74, 6) is 0.334. The summed E-state index contributed by atoms with van der Waals surface area (Å²) in [4.78, 5) is 29.2. The van der Waals surface area contributed by atoms with E-state index in [1.807, 2.05) is 66.9 Å². The fourth-order valence-corrected chi connectivity index (χ4v) is 4.01. The van der Waals surface area contributed by atoms with Crippen LogP contribution in [0.25, 0.3) is 0 Å². The highest BCUT2D eigenvalue weighted by molar-refractivity contribution is 6.30. The number of carbonyl (C=O) groups is 1. The molecule has 1 unspecified atom stereocenters. The van der Waals surface area contributed by atoms with Crippen molar-refractivity contribution in [1.82, 2.24) is 25.6 Å². The summed E-state index contributed by atoms with van der Waals surface area (Å²) in [5, 5.41) is 6.97. The van der Waals surface area contributed by atoms with Crippen molar-refractivity contribution >= 4 is 23.5 Å². The summed E-state index contributed by atoms with van der Waals surface area (Å²) in [6, 6.07) is 22.9. The van der Waals surface area contributed by atoms with Gasteiger partial charge in [-0.2, -0.15) is 0 Å². The van der Waals surface area contributed by atoms with E-state index in [0.717, 1.165) is 36.2 Å². The zero-order valence-corrected chi connectivity index (χ0v) is 20.7. The quantitative estimate of drug-likeness (QED) is 0.162. The molecule has 0 saturated heterocycles. The van der Waals surface area contributed by atoms with Crippen molar-refractivity contribution < 1.29 is 4.79 Å². The van der Waals surface area contributed by atoms with E-state index >= 15 is 0 Å². The van der Waals surface area contributed by atoms with Gasteiger partial charge in [0.2, 0.25) is 0 Å². The number of carbonyl (C=O) groups excluding carboxylic acids is 1. The number of H-pyrrole nitrogens is 1. The molecule has 1 amide bonds. The Morgan fingerprint density at radius 3 is 2.56 bits per heavy atom. The Morgan fingerprint density at radius 1 is 1.03 bits per heavy atom. The number of amides is 1. The number of aromatic nitrogens is 3. The first-order valence-electron chi connectivity index (χ1n) is 12.0. The van der Waals surface area contributed by atoms with Crippen LogP contribution in [0.2, 0.25) is 5.02 Å². The number of aromatic amines is 1. The van der Waals surface area contributed by atoms with Gasteiger partial charge in [0, 0.05) is 53.4 Å². The molecule has 3 N–H and O–H groups in total. The number of nitrogens with zero attached hydrogens (tertiary/aromatic N) is 3. The summed E-state index contributed by atoms with van der Waals surface area (Å²) >= 11 is 6.11. The van der Waals surface area contributed by atoms with Crippen molar-refractivity contribution in [2.45, 2.75) is 25.2 Å². The molecular weight excluding hydrogens is 472 g/mol. The molecule has 0 saturated carbocycles. The van der Waals surface area contributed by atoms with Crippen LogP contribution in [-0.4, -0.2) is 39.9 Å². The normalized spacial score (nSPS) is 12.2. The predicted molar refractivity (Wildman–Crippen MR) is 143 cm³/mol. The van der Waals surface area contributed by atoms with Gasteiger partial charge >= 0.3 is 0 Å². The summed E-state index contributed by atoms with van der Waals surface area (Å²) in [5.41, 5.74) is 3.76. The van der Waals surface area contributed by atoms with E-state index in [4.69, 9.17) is 11.6 Å². The Hall–Kier alpha value is -3.97. The van der Waals surface area contributed by atoms with E-state index in [-0.39, 0.29) is 11.8 Å². The van der Waals surface area contributed by atoms with Gasteiger partial charge < -0.3 is 10.3 Å². The van der Waals surface area contributed by atoms with E-state index in [9.17, 15) is 4.79 Å². The zero-order chi connectivity index (χ0) is 25.0. The molecule has 0 aliphatic carbocycles. The second kappa shape index (κ2) is 13.2. The van der Waals surface area contributed by atoms with E-state index in [0.29, 0.717) is 29.6 Å². The van der Waals surface area contributed by atoms with E-state index in [2.05, 4.69) is 30.6 Å². The van der Waals surface area contributed by atoms with E-state index in [1.165, 1.54) is 0 Å². The van der Waals surface area contributed by atoms with Crippen LogP contribution in [0.4, 0.5) is 0 Å². The predicted octanol–water partition coefficient (Wildman–Crippen LogP) is 4.99. The van der Waals surface area contributed by atoms with Crippen LogP contribution < -0.4 is 10.6 Å². The molecule has 0 fully saturated rings. The first-order valence-corrected chi connectivity index (χ1v) is 12.3. The molecule has 0 spiro atoms. The summed E-state index contributed by atoms with van der Waals surface area (Å²) in [6.45, 7) is 1.16. The highest BCUT2D eigenvalue weighted by Crippen LogP contribution is 2.27. The number of guanidine groups is 1. The van der Waals surface area contributed by atoms with Crippen molar-refractivity contribution in [3.05, 3.63) is 119 Å². The summed E-state index contributed by atoms with van der Waals surface area (Å²) in [7, 11) is 0. The Balaban J connectivity index is 1.43. The van der Waals surface area contributed by atoms with Gasteiger partial charge in [0.05, 0.1) is 6.33 Å². The molecule has 4 rings (SSSR count). The van der Waals surface area contributed by atoms with Crippen LogP contribution in [0.15, 0.2) is 96.5 Å². The smallest absolute Gasteiger partial charge is 0.257 e. The molecule has 0 aliphatic rings. The molecule has 0 bridgehead atoms. The third kappa shape index (κ3) is 7.52. The minimum absolute atomic E-state index is 0.0717. The molecule has 8 heteroatoms. The molecule has 2 aromatic carbocycles. The lowest BCUT2D eigenvalue weighted by atomic mass is 9.92. The standard InChI is InChI=1S/C28H29ClN6O/c29-23-13-11-21(12-14-23)25(26-10-4-5-16-31-26)15-18-33-28(32-17-6-9-24-19-30-20-34-24)35-27(36)22-7-2-1-3-8-22/h1-5,7-8,10-14,16,19-20,25H,6,9,15,17-18H2,(H,30,34)(H2,32,33,35,36). The Bertz CT molecular complexity index is 1230. The number of nitrogens with one attached hydrogen (secondary N) is 3. The van der Waals surface area contributed by atoms with Gasteiger partial charge in [-0.05, 0) is 61.2 Å². The van der Waals surface area contributed by atoms with Gasteiger partial charge in [-0.1, -0.05) is 48.0 Å². The fraction of sp³-hybridized carbons (Fsp3) is 0.214. The van der Waals surface area contributed by atoms with Crippen LogP contribution in [-0.2, 0) is 6.42 Å². The van der Waals surface area contributed by atoms with Crippen LogP contribution in [0.1, 0.15) is 46.1 Å². The zero-order valence-electron chi connectivity index (χ0n) is 19.9. The van der Waals surface area contributed by atoms with Crippen molar-refractivity contribution in [3.63, 3.8) is 0 Å². The maximum Gasteiger partial charge on any atom is 0.257 e. The van der Waals surface area contributed by atoms with Gasteiger partial charge in [-0.15, -0.1) is 0 Å². The molecule has 7 nitrogen and oxygen atoms in total. The van der Waals surface area contributed by atoms with E-state index < -0.39 is 0 Å². The fourth-order valence-electron chi connectivity index (χ4n) is 3.89. The molecule has 1 atom stereocenters. The van der Waals surface area contributed by atoms with Gasteiger partial charge in [0.1, 0.15) is 0 Å². The van der Waals surface area contributed by atoms with Gasteiger partial charge in [0.15, 0.2) is 5.96 Å². The number of benzene rings is 2. The monoisotopic (exact) mass is 500 g/mol. The maximum atomic E-state index is 12.8. The maximum absolute atomic E-state index is 12.8. The lowest BCUT2D eigenvalue weighted by molar-refractivity contribution is 0.0975. The number of aliphatic imine (C=N–C) groups is 1. The van der Waals surface area contributed by atoms with Gasteiger partial charge in [0.25, 0.3) is 5.91 Å². The highest BCUT2D eigenvalue weighted by Gasteiger charge is 2.16. The minimum Gasteiger partial charge on any atom is -0.356 e. The minimum atomic E-state index is -0.200. The van der Waals surface area contributed by atoms with Gasteiger partial charge in [-0.3, -0.25) is 20.1 Å². The lowest BCUT2D eigenvalue weighted by Gasteiger charge is -2.19. The molecule has 2 heterocycles. The lowest BCUT2D eigenvalue weighted by Crippen LogP contribution is -2.42. The Kier molecular flexibility index (Phi) is 9.22. The van der Waals surface area contributed by atoms with Crippen molar-refractivity contribution in [3.8, 4) is 0 Å². The SMILES string of the molecule is O=C(NC(=NCCCc1cnc[nH]1)NCCC(c1ccc(Cl)cc1)c1ccccn1)c1ccccc1. The molecule has 36 heavy (non-hydrogen) atoms. The van der Waals surface area contributed by atoms with Crippen LogP contribution in [0, 0.1) is 0 Å². The third-order valence-corrected chi connectivity index (χ3v) is 5.99. The summed E-state index contributed by atoms with van der Waals surface area (Å²) in [6.07, 6.45) is 7.71. The number of imidazole rings is 1. The Morgan fingerprint density at radius 2 is 1.83 bits per heavy atom. The molecule has 184 valence electrons. The molecule has 0 aliphatic heterocycles. The van der Waals surface area contributed by atoms with Crippen molar-refractivity contribution in [1.29, 1.82) is 0 Å². The average Bonchev–Trinajstić information content (AvgIpc) is 3.44. The number of rotatable bonds is 10. The van der Waals surface area contributed by atoms with Crippen LogP contribution in [0.3, 0.4) is 0 Å². The molecule has 2 aromatic heterocycles. The average molecular weight is 501 g/mol. The molecular formula is C28H29ClN6O. The first-order chi connectivity index (χ1) is 17.7. The highest BCUT2D eigenvalue weighted by atomic mass is 35.5. The number of hydrogen-bond donors (Lipinski definition) is 3. The number of hydrogen-bond acceptors (Lipinski definition) is 4. The van der Waals surface area contributed by atoms with Gasteiger partial charge in [-0.25, -0.2) is 4.98 Å². The van der Waals surface area contributed by atoms with Crippen molar-refractivity contribution in [2.24, 2.45) is 4.99 Å². The summed E-state index contributed by atoms with van der Waals surface area (Å²) < 4.78 is 0.